The van der Waals surface area contributed by atoms with Gasteiger partial charge in [0.25, 0.3) is 0 Å². The monoisotopic (exact) mass is 417 g/mol. The van der Waals surface area contributed by atoms with Gasteiger partial charge in [0, 0.05) is 44.5 Å². The molecule has 1 aliphatic rings. The van der Waals surface area contributed by atoms with Gasteiger partial charge in [-0.25, -0.2) is 9.97 Å². The van der Waals surface area contributed by atoms with Crippen LogP contribution in [0.15, 0.2) is 42.7 Å². The number of aliphatic hydroxyl groups excluding tert-OH is 1. The smallest absolute Gasteiger partial charge is 0.141 e. The highest BCUT2D eigenvalue weighted by Crippen LogP contribution is 2.31. The van der Waals surface area contributed by atoms with Gasteiger partial charge in [0.1, 0.15) is 11.6 Å². The lowest BCUT2D eigenvalue weighted by atomic mass is 10.2. The van der Waals surface area contributed by atoms with E-state index in [1.54, 1.807) is 12.3 Å². The molecule has 8 heteroatoms. The summed E-state index contributed by atoms with van der Waals surface area (Å²) in [6.07, 6.45) is 3.60. The number of halogens is 2. The summed E-state index contributed by atoms with van der Waals surface area (Å²) in [5.41, 5.74) is 2.76. The third-order valence-corrected chi connectivity index (χ3v) is 5.68. The van der Waals surface area contributed by atoms with Crippen molar-refractivity contribution in [1.82, 2.24) is 19.9 Å². The second-order valence-electron chi connectivity index (χ2n) is 6.70. The van der Waals surface area contributed by atoms with Crippen molar-refractivity contribution in [3.05, 3.63) is 52.8 Å². The van der Waals surface area contributed by atoms with Crippen LogP contribution in [0.1, 0.15) is 0 Å². The van der Waals surface area contributed by atoms with Crippen LogP contribution in [0.25, 0.3) is 22.6 Å². The van der Waals surface area contributed by atoms with Crippen molar-refractivity contribution in [2.75, 3.05) is 44.2 Å². The number of imidazole rings is 1. The van der Waals surface area contributed by atoms with Crippen LogP contribution in [0.3, 0.4) is 0 Å². The minimum absolute atomic E-state index is 0.193. The van der Waals surface area contributed by atoms with Gasteiger partial charge in [-0.15, -0.1) is 0 Å². The van der Waals surface area contributed by atoms with Crippen molar-refractivity contribution in [3.63, 3.8) is 0 Å². The van der Waals surface area contributed by atoms with Gasteiger partial charge in [-0.2, -0.15) is 0 Å². The number of benzene rings is 1. The highest BCUT2D eigenvalue weighted by molar-refractivity contribution is 6.42. The SMILES string of the molecule is OCCN1CCN(c2ncccc2-c2ncc(-c3ccc(Cl)c(Cl)c3)[nH]2)CC1. The maximum absolute atomic E-state index is 9.13. The Bertz CT molecular complexity index is 953. The van der Waals surface area contributed by atoms with Gasteiger partial charge in [0.15, 0.2) is 0 Å². The van der Waals surface area contributed by atoms with Gasteiger partial charge in [0.2, 0.25) is 0 Å². The van der Waals surface area contributed by atoms with Crippen LogP contribution in [0, 0.1) is 0 Å². The first-order valence-corrected chi connectivity index (χ1v) is 9.95. The van der Waals surface area contributed by atoms with Crippen molar-refractivity contribution in [2.45, 2.75) is 0 Å². The zero-order valence-electron chi connectivity index (χ0n) is 15.3. The Labute approximate surface area is 173 Å². The van der Waals surface area contributed by atoms with Crippen molar-refractivity contribution < 1.29 is 5.11 Å². The molecular weight excluding hydrogens is 397 g/mol. The van der Waals surface area contributed by atoms with E-state index >= 15 is 0 Å². The third-order valence-electron chi connectivity index (χ3n) is 4.94. The highest BCUT2D eigenvalue weighted by atomic mass is 35.5. The van der Waals surface area contributed by atoms with Crippen LogP contribution < -0.4 is 4.90 Å². The molecule has 1 saturated heterocycles. The Kier molecular flexibility index (Phi) is 5.82. The number of nitrogens with zero attached hydrogens (tertiary/aromatic N) is 4. The molecule has 4 rings (SSSR count). The fraction of sp³-hybridized carbons (Fsp3) is 0.300. The van der Waals surface area contributed by atoms with Crippen molar-refractivity contribution in [3.8, 4) is 22.6 Å². The molecule has 0 unspecified atom stereocenters. The summed E-state index contributed by atoms with van der Waals surface area (Å²) < 4.78 is 0. The molecule has 1 aliphatic heterocycles. The number of pyridine rings is 1. The molecule has 6 nitrogen and oxygen atoms in total. The van der Waals surface area contributed by atoms with Gasteiger partial charge >= 0.3 is 0 Å². The van der Waals surface area contributed by atoms with E-state index < -0.39 is 0 Å². The molecular formula is C20H21Cl2N5O. The predicted molar refractivity (Wildman–Crippen MR) is 113 cm³/mol. The average molecular weight is 418 g/mol. The number of aliphatic hydroxyl groups is 1. The van der Waals surface area contributed by atoms with Crippen molar-refractivity contribution >= 4 is 29.0 Å². The first kappa shape index (κ1) is 19.2. The van der Waals surface area contributed by atoms with Gasteiger partial charge in [-0.05, 0) is 24.3 Å². The molecule has 1 aromatic carbocycles. The number of hydrogen-bond acceptors (Lipinski definition) is 5. The Balaban J connectivity index is 1.59. The number of aromatic nitrogens is 3. The van der Waals surface area contributed by atoms with Crippen molar-refractivity contribution in [2.24, 2.45) is 0 Å². The van der Waals surface area contributed by atoms with Crippen molar-refractivity contribution in [1.29, 1.82) is 0 Å². The van der Waals surface area contributed by atoms with Gasteiger partial charge in [0.05, 0.1) is 34.1 Å². The van der Waals surface area contributed by atoms with Gasteiger partial charge < -0.3 is 15.0 Å². The van der Waals surface area contributed by atoms with Gasteiger partial charge in [-0.3, -0.25) is 4.90 Å². The molecule has 0 radical (unpaired) electrons. The van der Waals surface area contributed by atoms with E-state index in [1.165, 1.54) is 0 Å². The number of aromatic amines is 1. The molecule has 0 amide bonds. The average Bonchev–Trinajstić information content (AvgIpc) is 3.21. The standard InChI is InChI=1S/C20H21Cl2N5O/c21-16-4-3-14(12-17(16)22)18-13-24-19(25-18)15-2-1-5-23-20(15)27-8-6-26(7-9-27)10-11-28/h1-5,12-13,28H,6-11H2,(H,24,25). The molecule has 2 aromatic heterocycles. The fourth-order valence-corrected chi connectivity index (χ4v) is 3.73. The highest BCUT2D eigenvalue weighted by Gasteiger charge is 2.21. The number of rotatable bonds is 5. The molecule has 0 bridgehead atoms. The molecule has 0 atom stereocenters. The molecule has 0 saturated carbocycles. The van der Waals surface area contributed by atoms with E-state index in [4.69, 9.17) is 28.3 Å². The number of β-amino-alcohol motifs (C(OH)–C–C–N with tert-alkyl or cyclic N) is 1. The molecule has 0 aliphatic carbocycles. The normalized spacial score (nSPS) is 15.2. The summed E-state index contributed by atoms with van der Waals surface area (Å²) in [6, 6.07) is 9.46. The van der Waals surface area contributed by atoms with E-state index in [0.29, 0.717) is 16.6 Å². The zero-order chi connectivity index (χ0) is 19.5. The summed E-state index contributed by atoms with van der Waals surface area (Å²) in [5, 5.41) is 10.2. The maximum Gasteiger partial charge on any atom is 0.141 e. The first-order valence-electron chi connectivity index (χ1n) is 9.19. The molecule has 3 aromatic rings. The Morgan fingerprint density at radius 2 is 1.86 bits per heavy atom. The van der Waals surface area contributed by atoms with E-state index in [-0.39, 0.29) is 6.61 Å². The summed E-state index contributed by atoms with van der Waals surface area (Å²) in [5.74, 6) is 1.68. The summed E-state index contributed by atoms with van der Waals surface area (Å²) in [4.78, 5) is 17.1. The third kappa shape index (κ3) is 4.00. The van der Waals surface area contributed by atoms with Gasteiger partial charge in [-0.1, -0.05) is 29.3 Å². The molecule has 3 heterocycles. The lowest BCUT2D eigenvalue weighted by molar-refractivity contribution is 0.188. The number of hydrogen-bond donors (Lipinski definition) is 2. The molecule has 1 fully saturated rings. The molecule has 146 valence electrons. The summed E-state index contributed by atoms with van der Waals surface area (Å²) in [6.45, 7) is 4.45. The van der Waals surface area contributed by atoms with Crippen LogP contribution in [0.5, 0.6) is 0 Å². The van der Waals surface area contributed by atoms with E-state index in [2.05, 4.69) is 24.8 Å². The summed E-state index contributed by atoms with van der Waals surface area (Å²) >= 11 is 12.2. The van der Waals surface area contributed by atoms with Crippen LogP contribution >= 0.6 is 23.2 Å². The minimum atomic E-state index is 0.193. The minimum Gasteiger partial charge on any atom is -0.395 e. The Morgan fingerprint density at radius 1 is 1.04 bits per heavy atom. The molecule has 28 heavy (non-hydrogen) atoms. The van der Waals surface area contributed by atoms with Crippen LogP contribution in [0.2, 0.25) is 10.0 Å². The topological polar surface area (TPSA) is 68.3 Å². The number of anilines is 1. The van der Waals surface area contributed by atoms with E-state index in [0.717, 1.165) is 54.6 Å². The van der Waals surface area contributed by atoms with E-state index in [9.17, 15) is 0 Å². The Hall–Kier alpha value is -2.12. The predicted octanol–water partition coefficient (Wildman–Crippen LogP) is 3.56. The van der Waals surface area contributed by atoms with Crippen LogP contribution in [-0.2, 0) is 0 Å². The largest absolute Gasteiger partial charge is 0.395 e. The number of piperazine rings is 1. The van der Waals surface area contributed by atoms with Crippen LogP contribution in [-0.4, -0.2) is 64.3 Å². The number of H-pyrrole nitrogens is 1. The van der Waals surface area contributed by atoms with E-state index in [1.807, 2.05) is 30.5 Å². The zero-order valence-corrected chi connectivity index (χ0v) is 16.8. The lowest BCUT2D eigenvalue weighted by Crippen LogP contribution is -2.47. The quantitative estimate of drug-likeness (QED) is 0.663. The second-order valence-corrected chi connectivity index (χ2v) is 7.52. The molecule has 2 N–H and O–H groups in total. The number of nitrogens with one attached hydrogen (secondary N) is 1. The summed E-state index contributed by atoms with van der Waals surface area (Å²) in [7, 11) is 0. The second kappa shape index (κ2) is 8.49. The Morgan fingerprint density at radius 3 is 2.61 bits per heavy atom. The van der Waals surface area contributed by atoms with Crippen LogP contribution in [0.4, 0.5) is 5.82 Å². The maximum atomic E-state index is 9.13. The molecule has 0 spiro atoms. The first-order chi connectivity index (χ1) is 13.7. The lowest BCUT2D eigenvalue weighted by Gasteiger charge is -2.35. The fourth-order valence-electron chi connectivity index (χ4n) is 3.43.